The van der Waals surface area contributed by atoms with Gasteiger partial charge in [0.1, 0.15) is 0 Å². The van der Waals surface area contributed by atoms with Crippen molar-refractivity contribution in [3.8, 4) is 0 Å². The van der Waals surface area contributed by atoms with Crippen molar-refractivity contribution in [2.45, 2.75) is 32.2 Å². The number of nitrogens with zero attached hydrogens (tertiary/aromatic N) is 2. The molecule has 0 unspecified atom stereocenters. The highest BCUT2D eigenvalue weighted by Gasteiger charge is 2.25. The minimum Gasteiger partial charge on any atom is -0.352 e. The Hall–Kier alpha value is -1.92. The molecule has 2 fully saturated rings. The van der Waals surface area contributed by atoms with Crippen molar-refractivity contribution in [3.05, 3.63) is 29.8 Å². The molecular weight excluding hydrogens is 316 g/mol. The van der Waals surface area contributed by atoms with Crippen LogP contribution < -0.4 is 10.6 Å². The summed E-state index contributed by atoms with van der Waals surface area (Å²) >= 11 is 0. The van der Waals surface area contributed by atoms with Gasteiger partial charge in [-0.3, -0.25) is 19.4 Å². The van der Waals surface area contributed by atoms with Crippen LogP contribution in [-0.4, -0.2) is 66.9 Å². The van der Waals surface area contributed by atoms with E-state index in [0.29, 0.717) is 19.1 Å². The molecule has 25 heavy (non-hydrogen) atoms. The van der Waals surface area contributed by atoms with Gasteiger partial charge in [-0.05, 0) is 30.9 Å². The first-order valence-electron chi connectivity index (χ1n) is 9.26. The average Bonchev–Trinajstić information content (AvgIpc) is 3.41. The van der Waals surface area contributed by atoms with Crippen LogP contribution in [0, 0.1) is 0 Å². The average molecular weight is 344 g/mol. The standard InChI is InChI=1S/C19H28N4O2/c1-2-15-5-3-4-6-17(15)21-19(25)14-23-11-9-22(10-12-23)13-18(24)20-16-7-8-16/h3-6,16H,2,7-14H2,1H3,(H,20,24)(H,21,25). The Morgan fingerprint density at radius 1 is 1.00 bits per heavy atom. The van der Waals surface area contributed by atoms with Crippen molar-refractivity contribution in [2.75, 3.05) is 44.6 Å². The highest BCUT2D eigenvalue weighted by atomic mass is 16.2. The second-order valence-corrected chi connectivity index (χ2v) is 6.95. The quantitative estimate of drug-likeness (QED) is 0.777. The SMILES string of the molecule is CCc1ccccc1NC(=O)CN1CCN(CC(=O)NC2CC2)CC1. The molecule has 1 aromatic rings. The number of carbonyl (C=O) groups excluding carboxylic acids is 2. The molecule has 6 heteroatoms. The topological polar surface area (TPSA) is 64.7 Å². The summed E-state index contributed by atoms with van der Waals surface area (Å²) in [7, 11) is 0. The summed E-state index contributed by atoms with van der Waals surface area (Å²) in [4.78, 5) is 28.5. The van der Waals surface area contributed by atoms with Crippen LogP contribution in [0.1, 0.15) is 25.3 Å². The van der Waals surface area contributed by atoms with E-state index in [-0.39, 0.29) is 11.8 Å². The number of aryl methyl sites for hydroxylation is 1. The molecule has 3 rings (SSSR count). The van der Waals surface area contributed by atoms with Crippen molar-refractivity contribution in [3.63, 3.8) is 0 Å². The number of rotatable bonds is 7. The van der Waals surface area contributed by atoms with Crippen LogP contribution in [0.5, 0.6) is 0 Å². The summed E-state index contributed by atoms with van der Waals surface area (Å²) in [6.45, 7) is 6.26. The van der Waals surface area contributed by atoms with Crippen LogP contribution in [0.15, 0.2) is 24.3 Å². The zero-order valence-electron chi connectivity index (χ0n) is 15.0. The third kappa shape index (κ3) is 5.54. The molecule has 2 aliphatic rings. The lowest BCUT2D eigenvalue weighted by molar-refractivity contribution is -0.123. The Morgan fingerprint density at radius 2 is 1.60 bits per heavy atom. The number of nitrogens with one attached hydrogen (secondary N) is 2. The van der Waals surface area contributed by atoms with Crippen LogP contribution in [0.4, 0.5) is 5.69 Å². The Morgan fingerprint density at radius 3 is 2.20 bits per heavy atom. The lowest BCUT2D eigenvalue weighted by Crippen LogP contribution is -2.51. The third-order valence-corrected chi connectivity index (χ3v) is 4.81. The molecule has 1 saturated carbocycles. The monoisotopic (exact) mass is 344 g/mol. The second kappa shape index (κ2) is 8.45. The van der Waals surface area contributed by atoms with Gasteiger partial charge >= 0.3 is 0 Å². The first-order chi connectivity index (χ1) is 12.1. The molecule has 1 saturated heterocycles. The van der Waals surface area contributed by atoms with E-state index < -0.39 is 0 Å². The van der Waals surface area contributed by atoms with E-state index in [1.54, 1.807) is 0 Å². The van der Waals surface area contributed by atoms with Gasteiger partial charge in [-0.2, -0.15) is 0 Å². The number of para-hydroxylation sites is 1. The lowest BCUT2D eigenvalue weighted by atomic mass is 10.1. The van der Waals surface area contributed by atoms with Crippen LogP contribution in [0.25, 0.3) is 0 Å². The first-order valence-corrected chi connectivity index (χ1v) is 9.26. The highest BCUT2D eigenvalue weighted by Crippen LogP contribution is 2.18. The van der Waals surface area contributed by atoms with Gasteiger partial charge in [0.15, 0.2) is 0 Å². The summed E-state index contributed by atoms with van der Waals surface area (Å²) in [5, 5.41) is 6.05. The second-order valence-electron chi connectivity index (χ2n) is 6.95. The first kappa shape index (κ1) is 17.9. The fraction of sp³-hybridized carbons (Fsp3) is 0.579. The van der Waals surface area contributed by atoms with Crippen molar-refractivity contribution >= 4 is 17.5 Å². The van der Waals surface area contributed by atoms with Gasteiger partial charge in [-0.25, -0.2) is 0 Å². The van der Waals surface area contributed by atoms with Gasteiger partial charge in [0.25, 0.3) is 0 Å². The van der Waals surface area contributed by atoms with Gasteiger partial charge in [0.05, 0.1) is 13.1 Å². The molecule has 2 N–H and O–H groups in total. The molecule has 2 amide bonds. The number of piperazine rings is 1. The molecule has 1 heterocycles. The van der Waals surface area contributed by atoms with Crippen LogP contribution in [-0.2, 0) is 16.0 Å². The van der Waals surface area contributed by atoms with Gasteiger partial charge in [-0.15, -0.1) is 0 Å². The maximum atomic E-state index is 12.3. The minimum atomic E-state index is 0.0285. The fourth-order valence-corrected chi connectivity index (χ4v) is 3.15. The zero-order valence-corrected chi connectivity index (χ0v) is 15.0. The van der Waals surface area contributed by atoms with E-state index in [1.165, 1.54) is 0 Å². The number of anilines is 1. The third-order valence-electron chi connectivity index (χ3n) is 4.81. The number of amides is 2. The summed E-state index contributed by atoms with van der Waals surface area (Å²) in [5.41, 5.74) is 2.06. The Bertz CT molecular complexity index is 607. The van der Waals surface area contributed by atoms with Gasteiger partial charge in [0.2, 0.25) is 11.8 Å². The summed E-state index contributed by atoms with van der Waals surface area (Å²) < 4.78 is 0. The van der Waals surface area contributed by atoms with Crippen LogP contribution >= 0.6 is 0 Å². The highest BCUT2D eigenvalue weighted by molar-refractivity contribution is 5.93. The summed E-state index contributed by atoms with van der Waals surface area (Å²) in [6.07, 6.45) is 3.14. The van der Waals surface area contributed by atoms with E-state index in [0.717, 1.165) is 56.7 Å². The smallest absolute Gasteiger partial charge is 0.238 e. The molecule has 136 valence electrons. The minimum absolute atomic E-state index is 0.0285. The van der Waals surface area contributed by atoms with E-state index in [9.17, 15) is 9.59 Å². The van der Waals surface area contributed by atoms with Crippen molar-refractivity contribution < 1.29 is 9.59 Å². The Kier molecular flexibility index (Phi) is 6.04. The normalized spacial score (nSPS) is 18.8. The molecule has 0 aromatic heterocycles. The summed E-state index contributed by atoms with van der Waals surface area (Å²) in [6, 6.07) is 8.35. The zero-order chi connectivity index (χ0) is 17.6. The molecular formula is C19H28N4O2. The van der Waals surface area contributed by atoms with E-state index in [1.807, 2.05) is 24.3 Å². The molecule has 6 nitrogen and oxygen atoms in total. The van der Waals surface area contributed by atoms with Crippen LogP contribution in [0.3, 0.4) is 0 Å². The van der Waals surface area contributed by atoms with Gasteiger partial charge < -0.3 is 10.6 Å². The van der Waals surface area contributed by atoms with E-state index in [4.69, 9.17) is 0 Å². The number of benzene rings is 1. The largest absolute Gasteiger partial charge is 0.352 e. The molecule has 1 aromatic carbocycles. The lowest BCUT2D eigenvalue weighted by Gasteiger charge is -2.33. The molecule has 0 atom stereocenters. The maximum Gasteiger partial charge on any atom is 0.238 e. The number of hydrogen-bond donors (Lipinski definition) is 2. The number of hydrogen-bond acceptors (Lipinski definition) is 4. The Balaban J connectivity index is 1.39. The van der Waals surface area contributed by atoms with Crippen LogP contribution in [0.2, 0.25) is 0 Å². The summed E-state index contributed by atoms with van der Waals surface area (Å²) in [5.74, 6) is 0.158. The Labute approximate surface area is 149 Å². The molecule has 0 spiro atoms. The van der Waals surface area contributed by atoms with E-state index in [2.05, 4.69) is 27.4 Å². The van der Waals surface area contributed by atoms with Crippen molar-refractivity contribution in [1.29, 1.82) is 0 Å². The van der Waals surface area contributed by atoms with E-state index >= 15 is 0 Å². The van der Waals surface area contributed by atoms with Crippen molar-refractivity contribution in [2.24, 2.45) is 0 Å². The number of carbonyl (C=O) groups is 2. The predicted molar refractivity (Wildman–Crippen MR) is 98.5 cm³/mol. The van der Waals surface area contributed by atoms with Gasteiger partial charge in [0, 0.05) is 37.9 Å². The molecule has 1 aliphatic carbocycles. The molecule has 1 aliphatic heterocycles. The molecule has 0 radical (unpaired) electrons. The molecule has 0 bridgehead atoms. The fourth-order valence-electron chi connectivity index (χ4n) is 3.15. The maximum absolute atomic E-state index is 12.3. The van der Waals surface area contributed by atoms with Crippen molar-refractivity contribution in [1.82, 2.24) is 15.1 Å². The van der Waals surface area contributed by atoms with Gasteiger partial charge in [-0.1, -0.05) is 25.1 Å². The predicted octanol–water partition coefficient (Wildman–Crippen LogP) is 1.08.